The largest absolute Gasteiger partial charge is 0.324 e. The summed E-state index contributed by atoms with van der Waals surface area (Å²) in [4.78, 5) is 11.7. The minimum atomic E-state index is -0.896. The molecule has 0 unspecified atom stereocenters. The zero-order chi connectivity index (χ0) is 15.2. The van der Waals surface area contributed by atoms with Gasteiger partial charge in [-0.15, -0.1) is 0 Å². The number of para-hydroxylation sites is 1. The van der Waals surface area contributed by atoms with Gasteiger partial charge in [-0.25, -0.2) is 8.78 Å². The lowest BCUT2D eigenvalue weighted by molar-refractivity contribution is -0.115. The van der Waals surface area contributed by atoms with E-state index in [2.05, 4.69) is 26.6 Å². The molecule has 0 spiro atoms. The van der Waals surface area contributed by atoms with E-state index in [1.54, 1.807) is 6.07 Å². The van der Waals surface area contributed by atoms with Gasteiger partial charge in [0.1, 0.15) is 0 Å². The summed E-state index contributed by atoms with van der Waals surface area (Å²) < 4.78 is 26.6. The lowest BCUT2D eigenvalue weighted by atomic mass is 10.2. The molecule has 0 atom stereocenters. The van der Waals surface area contributed by atoms with Crippen molar-refractivity contribution in [2.24, 2.45) is 0 Å². The van der Waals surface area contributed by atoms with Gasteiger partial charge in [0, 0.05) is 11.0 Å². The molecular weight excluding hydrogens is 342 g/mol. The Morgan fingerprint density at radius 1 is 1.10 bits per heavy atom. The quantitative estimate of drug-likeness (QED) is 0.863. The van der Waals surface area contributed by atoms with E-state index in [1.165, 1.54) is 6.07 Å². The Kier molecular flexibility index (Phi) is 5.41. The second-order valence-corrected chi connectivity index (χ2v) is 5.23. The lowest BCUT2D eigenvalue weighted by Crippen LogP contribution is -2.27. The number of nitrogens with one attached hydrogen (secondary N) is 2. The predicted molar refractivity (Wildman–Crippen MR) is 80.8 cm³/mol. The van der Waals surface area contributed by atoms with Crippen LogP contribution in [0.5, 0.6) is 0 Å². The fourth-order valence-electron chi connectivity index (χ4n) is 1.73. The predicted octanol–water partition coefficient (Wildman–Crippen LogP) is 3.46. The summed E-state index contributed by atoms with van der Waals surface area (Å²) in [5.41, 5.74) is 1.25. The van der Waals surface area contributed by atoms with Gasteiger partial charge in [0.25, 0.3) is 0 Å². The SMILES string of the molecule is O=C(CNCc1ccc(F)c(F)c1)Nc1ccccc1Br. The molecule has 0 aliphatic rings. The Bertz CT molecular complexity index is 649. The van der Waals surface area contributed by atoms with Crippen molar-refractivity contribution in [3.05, 3.63) is 64.1 Å². The lowest BCUT2D eigenvalue weighted by Gasteiger charge is -2.08. The first-order chi connectivity index (χ1) is 10.1. The average Bonchev–Trinajstić information content (AvgIpc) is 2.45. The molecule has 0 bridgehead atoms. The van der Waals surface area contributed by atoms with Gasteiger partial charge in [0.05, 0.1) is 12.2 Å². The van der Waals surface area contributed by atoms with E-state index >= 15 is 0 Å². The minimum absolute atomic E-state index is 0.0698. The Labute approximate surface area is 129 Å². The summed E-state index contributed by atoms with van der Waals surface area (Å²) in [5.74, 6) is -2.00. The maximum absolute atomic E-state index is 13.0. The zero-order valence-electron chi connectivity index (χ0n) is 11.0. The van der Waals surface area contributed by atoms with Gasteiger partial charge in [-0.05, 0) is 45.8 Å². The molecule has 2 aromatic rings. The van der Waals surface area contributed by atoms with Crippen molar-refractivity contribution in [2.45, 2.75) is 6.54 Å². The van der Waals surface area contributed by atoms with E-state index in [0.717, 1.165) is 16.6 Å². The molecule has 0 heterocycles. The van der Waals surface area contributed by atoms with Crippen LogP contribution in [0.3, 0.4) is 0 Å². The number of amides is 1. The molecule has 2 N–H and O–H groups in total. The van der Waals surface area contributed by atoms with Crippen molar-refractivity contribution < 1.29 is 13.6 Å². The Balaban J connectivity index is 1.82. The van der Waals surface area contributed by atoms with Crippen LogP contribution in [0.15, 0.2) is 46.9 Å². The van der Waals surface area contributed by atoms with Crippen molar-refractivity contribution in [3.63, 3.8) is 0 Å². The standard InChI is InChI=1S/C15H13BrF2N2O/c16-11-3-1-2-4-14(11)20-15(21)9-19-8-10-5-6-12(17)13(18)7-10/h1-7,19H,8-9H2,(H,20,21). The first kappa shape index (κ1) is 15.6. The van der Waals surface area contributed by atoms with E-state index in [9.17, 15) is 13.6 Å². The molecule has 0 fully saturated rings. The maximum atomic E-state index is 13.0. The third-order valence-electron chi connectivity index (χ3n) is 2.75. The monoisotopic (exact) mass is 354 g/mol. The molecule has 6 heteroatoms. The number of carbonyl (C=O) groups is 1. The van der Waals surface area contributed by atoms with Crippen LogP contribution in [-0.4, -0.2) is 12.5 Å². The third-order valence-corrected chi connectivity index (χ3v) is 3.44. The molecule has 2 rings (SSSR count). The van der Waals surface area contributed by atoms with E-state index < -0.39 is 11.6 Å². The zero-order valence-corrected chi connectivity index (χ0v) is 12.6. The maximum Gasteiger partial charge on any atom is 0.238 e. The molecule has 0 saturated heterocycles. The minimum Gasteiger partial charge on any atom is -0.324 e. The fraction of sp³-hybridized carbons (Fsp3) is 0.133. The van der Waals surface area contributed by atoms with E-state index in [1.807, 2.05) is 18.2 Å². The summed E-state index contributed by atoms with van der Waals surface area (Å²) in [6.45, 7) is 0.348. The third kappa shape index (κ3) is 4.61. The molecule has 0 saturated carbocycles. The molecule has 0 aromatic heterocycles. The van der Waals surface area contributed by atoms with Crippen LogP contribution < -0.4 is 10.6 Å². The van der Waals surface area contributed by atoms with E-state index in [4.69, 9.17) is 0 Å². The van der Waals surface area contributed by atoms with Crippen LogP contribution >= 0.6 is 15.9 Å². The van der Waals surface area contributed by atoms with Crippen LogP contribution in [0.1, 0.15) is 5.56 Å². The second kappa shape index (κ2) is 7.28. The van der Waals surface area contributed by atoms with Gasteiger partial charge in [0.2, 0.25) is 5.91 Å². The Hall–Kier alpha value is -1.79. The highest BCUT2D eigenvalue weighted by molar-refractivity contribution is 9.10. The molecule has 0 aliphatic carbocycles. The van der Waals surface area contributed by atoms with E-state index in [-0.39, 0.29) is 19.0 Å². The summed E-state index contributed by atoms with van der Waals surface area (Å²) in [6, 6.07) is 10.9. The normalized spacial score (nSPS) is 10.4. The van der Waals surface area contributed by atoms with Crippen LogP contribution in [0.4, 0.5) is 14.5 Å². The summed E-state index contributed by atoms with van der Waals surface area (Å²) in [6.07, 6.45) is 0. The number of benzene rings is 2. The topological polar surface area (TPSA) is 41.1 Å². The van der Waals surface area contributed by atoms with Gasteiger partial charge in [-0.1, -0.05) is 18.2 Å². The first-order valence-electron chi connectivity index (χ1n) is 6.25. The number of rotatable bonds is 5. The van der Waals surface area contributed by atoms with Gasteiger partial charge in [-0.2, -0.15) is 0 Å². The summed E-state index contributed by atoms with van der Waals surface area (Å²) in [5, 5.41) is 5.61. The second-order valence-electron chi connectivity index (χ2n) is 4.38. The van der Waals surface area contributed by atoms with Gasteiger partial charge in [-0.3, -0.25) is 4.79 Å². The van der Waals surface area contributed by atoms with E-state index in [0.29, 0.717) is 11.3 Å². The molecule has 21 heavy (non-hydrogen) atoms. The van der Waals surface area contributed by atoms with Gasteiger partial charge >= 0.3 is 0 Å². The fourth-order valence-corrected chi connectivity index (χ4v) is 2.11. The van der Waals surface area contributed by atoms with Crippen molar-refractivity contribution in [1.29, 1.82) is 0 Å². The molecule has 110 valence electrons. The van der Waals surface area contributed by atoms with Crippen molar-refractivity contribution >= 4 is 27.5 Å². The Morgan fingerprint density at radius 3 is 2.57 bits per heavy atom. The smallest absolute Gasteiger partial charge is 0.238 e. The highest BCUT2D eigenvalue weighted by Gasteiger charge is 2.06. The van der Waals surface area contributed by atoms with Crippen LogP contribution in [0, 0.1) is 11.6 Å². The molecular formula is C15H13BrF2N2O. The number of hydrogen-bond donors (Lipinski definition) is 2. The molecule has 1 amide bonds. The molecule has 3 nitrogen and oxygen atoms in total. The molecule has 2 aromatic carbocycles. The van der Waals surface area contributed by atoms with Gasteiger partial charge in [0.15, 0.2) is 11.6 Å². The molecule has 0 aliphatic heterocycles. The van der Waals surface area contributed by atoms with Crippen molar-refractivity contribution in [1.82, 2.24) is 5.32 Å². The molecule has 0 radical (unpaired) electrons. The number of hydrogen-bond acceptors (Lipinski definition) is 2. The first-order valence-corrected chi connectivity index (χ1v) is 7.04. The summed E-state index contributed by atoms with van der Waals surface area (Å²) in [7, 11) is 0. The number of halogens is 3. The van der Waals surface area contributed by atoms with Gasteiger partial charge < -0.3 is 10.6 Å². The average molecular weight is 355 g/mol. The number of anilines is 1. The summed E-state index contributed by atoms with van der Waals surface area (Å²) >= 11 is 3.33. The van der Waals surface area contributed by atoms with Crippen LogP contribution in [0.25, 0.3) is 0 Å². The Morgan fingerprint density at radius 2 is 1.86 bits per heavy atom. The van der Waals surface area contributed by atoms with Crippen molar-refractivity contribution in [3.8, 4) is 0 Å². The van der Waals surface area contributed by atoms with Crippen molar-refractivity contribution in [2.75, 3.05) is 11.9 Å². The van der Waals surface area contributed by atoms with Crippen LogP contribution in [-0.2, 0) is 11.3 Å². The highest BCUT2D eigenvalue weighted by atomic mass is 79.9. The van der Waals surface area contributed by atoms with Crippen LogP contribution in [0.2, 0.25) is 0 Å². The number of carbonyl (C=O) groups excluding carboxylic acids is 1. The highest BCUT2D eigenvalue weighted by Crippen LogP contribution is 2.20.